The van der Waals surface area contributed by atoms with Crippen molar-refractivity contribution >= 4 is 33.6 Å². The second kappa shape index (κ2) is 8.13. The van der Waals surface area contributed by atoms with Crippen molar-refractivity contribution in [3.05, 3.63) is 28.2 Å². The number of nitrogens with zero attached hydrogens (tertiary/aromatic N) is 2. The van der Waals surface area contributed by atoms with Gasteiger partial charge in [0.05, 0.1) is 12.1 Å². The molecule has 0 unspecified atom stereocenters. The molecule has 0 radical (unpaired) electrons. The summed E-state index contributed by atoms with van der Waals surface area (Å²) in [5.74, 6) is -0.836. The molecule has 0 aromatic heterocycles. The molecule has 1 saturated carbocycles. The molecule has 1 fully saturated rings. The molecule has 0 spiro atoms. The number of likely N-dealkylation sites (N-methyl/N-ethyl adjacent to an activating group) is 1. The lowest BCUT2D eigenvalue weighted by atomic mass is 9.85. The largest absolute Gasteiger partial charge is 0.480 e. The van der Waals surface area contributed by atoms with Crippen LogP contribution < -0.4 is 10.6 Å². The van der Waals surface area contributed by atoms with E-state index in [1.54, 1.807) is 18.2 Å². The molecule has 1 aliphatic rings. The van der Waals surface area contributed by atoms with Gasteiger partial charge in [-0.25, -0.2) is 4.79 Å². The van der Waals surface area contributed by atoms with Crippen molar-refractivity contribution in [2.45, 2.75) is 31.8 Å². The summed E-state index contributed by atoms with van der Waals surface area (Å²) in [6.45, 7) is 2.63. The molecule has 0 bridgehead atoms. The number of anilines is 1. The van der Waals surface area contributed by atoms with Gasteiger partial charge in [-0.05, 0) is 53.5 Å². The Bertz CT molecular complexity index is 668. The van der Waals surface area contributed by atoms with Crippen LogP contribution in [0.5, 0.6) is 0 Å². The summed E-state index contributed by atoms with van der Waals surface area (Å²) in [5, 5.41) is 23.3. The number of carbonyl (C=O) groups is 2. The number of hydrogen-bond acceptors (Lipinski definition) is 4. The van der Waals surface area contributed by atoms with Gasteiger partial charge in [0.15, 0.2) is 0 Å². The Morgan fingerprint density at radius 1 is 1.46 bits per heavy atom. The van der Waals surface area contributed by atoms with Crippen LogP contribution in [0.25, 0.3) is 0 Å². The SMILES string of the molecule is CCN(CC(=O)O)C1CC(NC(=O)Nc2ccc(C#N)c(Br)c2)C1. The second-order valence-electron chi connectivity index (χ2n) is 5.68. The van der Waals surface area contributed by atoms with Crippen LogP contribution in [0.2, 0.25) is 0 Å². The van der Waals surface area contributed by atoms with E-state index in [-0.39, 0.29) is 24.7 Å². The number of aliphatic carboxylic acids is 1. The third-order valence-electron chi connectivity index (χ3n) is 4.06. The highest BCUT2D eigenvalue weighted by atomic mass is 79.9. The summed E-state index contributed by atoms with van der Waals surface area (Å²) in [7, 11) is 0. The van der Waals surface area contributed by atoms with Crippen LogP contribution >= 0.6 is 15.9 Å². The van der Waals surface area contributed by atoms with Crippen LogP contribution in [-0.2, 0) is 4.79 Å². The van der Waals surface area contributed by atoms with Crippen molar-refractivity contribution in [2.24, 2.45) is 0 Å². The highest BCUT2D eigenvalue weighted by Gasteiger charge is 2.34. The van der Waals surface area contributed by atoms with Crippen molar-refractivity contribution in [2.75, 3.05) is 18.4 Å². The molecule has 1 aliphatic carbocycles. The normalized spacial score (nSPS) is 19.2. The standard InChI is InChI=1S/C16H19BrN4O3/c1-2-21(9-15(22)23)13-5-12(6-13)20-16(24)19-11-4-3-10(8-18)14(17)7-11/h3-4,7,12-13H,2,5-6,9H2,1H3,(H,22,23)(H2,19,20,24). The molecule has 0 atom stereocenters. The van der Waals surface area contributed by atoms with Gasteiger partial charge in [-0.2, -0.15) is 5.26 Å². The highest BCUT2D eigenvalue weighted by molar-refractivity contribution is 9.10. The molecule has 1 aromatic carbocycles. The molecular formula is C16H19BrN4O3. The smallest absolute Gasteiger partial charge is 0.319 e. The molecule has 0 heterocycles. The van der Waals surface area contributed by atoms with E-state index < -0.39 is 5.97 Å². The van der Waals surface area contributed by atoms with Crippen molar-refractivity contribution in [1.82, 2.24) is 10.2 Å². The summed E-state index contributed by atoms with van der Waals surface area (Å²) in [4.78, 5) is 24.7. The Morgan fingerprint density at radius 2 is 2.17 bits per heavy atom. The number of hydrogen-bond donors (Lipinski definition) is 3. The van der Waals surface area contributed by atoms with E-state index in [0.29, 0.717) is 22.3 Å². The molecule has 7 nitrogen and oxygen atoms in total. The predicted octanol–water partition coefficient (Wildman–Crippen LogP) is 2.38. The Kier molecular flexibility index (Phi) is 6.17. The van der Waals surface area contributed by atoms with Gasteiger partial charge in [-0.3, -0.25) is 9.69 Å². The zero-order valence-electron chi connectivity index (χ0n) is 13.3. The summed E-state index contributed by atoms with van der Waals surface area (Å²) in [6, 6.07) is 6.93. The zero-order valence-corrected chi connectivity index (χ0v) is 14.8. The summed E-state index contributed by atoms with van der Waals surface area (Å²) < 4.78 is 0.624. The first-order valence-electron chi connectivity index (χ1n) is 7.66. The first kappa shape index (κ1) is 18.2. The molecule has 3 N–H and O–H groups in total. The molecule has 8 heteroatoms. The maximum atomic E-state index is 12.0. The average Bonchev–Trinajstić information content (AvgIpc) is 2.48. The fourth-order valence-electron chi connectivity index (χ4n) is 2.71. The number of urea groups is 1. The van der Waals surface area contributed by atoms with Crippen LogP contribution in [-0.4, -0.2) is 47.2 Å². The van der Waals surface area contributed by atoms with E-state index in [1.807, 2.05) is 17.9 Å². The van der Waals surface area contributed by atoms with Crippen molar-refractivity contribution < 1.29 is 14.7 Å². The van der Waals surface area contributed by atoms with Gasteiger partial charge in [0, 0.05) is 22.2 Å². The summed E-state index contributed by atoms with van der Waals surface area (Å²) in [6.07, 6.45) is 1.48. The Hall–Kier alpha value is -2.11. The van der Waals surface area contributed by atoms with Crippen LogP contribution in [0, 0.1) is 11.3 Å². The number of nitriles is 1. The van der Waals surface area contributed by atoms with Gasteiger partial charge >= 0.3 is 12.0 Å². The number of carbonyl (C=O) groups excluding carboxylic acids is 1. The number of amides is 2. The first-order valence-corrected chi connectivity index (χ1v) is 8.45. The Morgan fingerprint density at radius 3 is 2.71 bits per heavy atom. The second-order valence-corrected chi connectivity index (χ2v) is 6.54. The number of rotatable bonds is 6. The minimum Gasteiger partial charge on any atom is -0.480 e. The number of carboxylic acids is 1. The molecule has 2 amide bonds. The molecule has 2 rings (SSSR count). The molecule has 0 saturated heterocycles. The summed E-state index contributed by atoms with van der Waals surface area (Å²) >= 11 is 3.28. The molecule has 1 aromatic rings. The molecular weight excluding hydrogens is 376 g/mol. The van der Waals surface area contributed by atoms with E-state index >= 15 is 0 Å². The third kappa shape index (κ3) is 4.69. The number of halogens is 1. The maximum Gasteiger partial charge on any atom is 0.319 e. The zero-order chi connectivity index (χ0) is 17.7. The minimum absolute atomic E-state index is 0.0271. The van der Waals surface area contributed by atoms with Crippen LogP contribution in [0.4, 0.5) is 10.5 Å². The van der Waals surface area contributed by atoms with E-state index in [2.05, 4.69) is 26.6 Å². The maximum absolute atomic E-state index is 12.0. The Labute approximate surface area is 148 Å². The van der Waals surface area contributed by atoms with Gasteiger partial charge in [0.25, 0.3) is 0 Å². The Balaban J connectivity index is 1.79. The van der Waals surface area contributed by atoms with Crippen LogP contribution in [0.1, 0.15) is 25.3 Å². The fourth-order valence-corrected chi connectivity index (χ4v) is 3.18. The quantitative estimate of drug-likeness (QED) is 0.686. The lowest BCUT2D eigenvalue weighted by Crippen LogP contribution is -2.55. The fraction of sp³-hybridized carbons (Fsp3) is 0.438. The van der Waals surface area contributed by atoms with Crippen molar-refractivity contribution in [1.29, 1.82) is 5.26 Å². The van der Waals surface area contributed by atoms with Gasteiger partial charge in [0.2, 0.25) is 0 Å². The third-order valence-corrected chi connectivity index (χ3v) is 4.71. The topological polar surface area (TPSA) is 105 Å². The number of nitrogens with one attached hydrogen (secondary N) is 2. The first-order chi connectivity index (χ1) is 11.4. The van der Waals surface area contributed by atoms with Crippen LogP contribution in [0.3, 0.4) is 0 Å². The lowest BCUT2D eigenvalue weighted by Gasteiger charge is -2.42. The van der Waals surface area contributed by atoms with Crippen molar-refractivity contribution in [3.63, 3.8) is 0 Å². The monoisotopic (exact) mass is 394 g/mol. The molecule has 128 valence electrons. The number of carboxylic acid groups (broad SMARTS) is 1. The highest BCUT2D eigenvalue weighted by Crippen LogP contribution is 2.26. The van der Waals surface area contributed by atoms with Crippen molar-refractivity contribution in [3.8, 4) is 6.07 Å². The van der Waals surface area contributed by atoms with E-state index in [9.17, 15) is 9.59 Å². The lowest BCUT2D eigenvalue weighted by molar-refractivity contribution is -0.139. The van der Waals surface area contributed by atoms with Gasteiger partial charge < -0.3 is 15.7 Å². The van der Waals surface area contributed by atoms with Gasteiger partial charge in [0.1, 0.15) is 6.07 Å². The minimum atomic E-state index is -0.836. The average molecular weight is 395 g/mol. The predicted molar refractivity (Wildman–Crippen MR) is 92.7 cm³/mol. The van der Waals surface area contributed by atoms with E-state index in [0.717, 1.165) is 12.8 Å². The van der Waals surface area contributed by atoms with Gasteiger partial charge in [-0.1, -0.05) is 6.92 Å². The van der Waals surface area contributed by atoms with Crippen LogP contribution in [0.15, 0.2) is 22.7 Å². The molecule has 24 heavy (non-hydrogen) atoms. The number of benzene rings is 1. The summed E-state index contributed by atoms with van der Waals surface area (Å²) in [5.41, 5.74) is 1.09. The van der Waals surface area contributed by atoms with E-state index in [1.165, 1.54) is 0 Å². The molecule has 0 aliphatic heterocycles. The van der Waals surface area contributed by atoms with Gasteiger partial charge in [-0.15, -0.1) is 0 Å². The van der Waals surface area contributed by atoms with E-state index in [4.69, 9.17) is 10.4 Å².